The van der Waals surface area contributed by atoms with Crippen LogP contribution in [0, 0.1) is 0 Å². The van der Waals surface area contributed by atoms with E-state index >= 15 is 0 Å². The monoisotopic (exact) mass is 318 g/mol. The van der Waals surface area contributed by atoms with Crippen molar-refractivity contribution in [3.8, 4) is 5.88 Å². The minimum Gasteiger partial charge on any atom is -0.472 e. The normalized spacial score (nSPS) is 18.0. The number of nitrogens with one attached hydrogen (secondary N) is 1. The lowest BCUT2D eigenvalue weighted by Gasteiger charge is -2.32. The van der Waals surface area contributed by atoms with Crippen molar-refractivity contribution >= 4 is 17.4 Å². The van der Waals surface area contributed by atoms with Gasteiger partial charge in [0.1, 0.15) is 12.4 Å². The van der Waals surface area contributed by atoms with Crippen LogP contribution >= 0.6 is 11.3 Å². The van der Waals surface area contributed by atoms with Crippen LogP contribution in [0.3, 0.4) is 0 Å². The maximum absolute atomic E-state index is 12.2. The van der Waals surface area contributed by atoms with Crippen LogP contribution in [0.1, 0.15) is 17.7 Å². The highest BCUT2D eigenvalue weighted by atomic mass is 32.1. The second-order valence-electron chi connectivity index (χ2n) is 5.11. The molecule has 3 rings (SSSR count). The van der Waals surface area contributed by atoms with Gasteiger partial charge in [-0.05, 0) is 24.3 Å². The van der Waals surface area contributed by atoms with Gasteiger partial charge < -0.3 is 15.0 Å². The standard InChI is InChI=1S/C15H18N4O2S/c20-15(17-9-13-4-2-8-22-13)19-7-1-3-12(10-19)21-14-5-6-16-11-18-14/h2,4-6,8,11-12H,1,3,7,9-10H2,(H,17,20)/t12-/m1/s1. The number of carbonyl (C=O) groups excluding carboxylic acids is 1. The lowest BCUT2D eigenvalue weighted by Crippen LogP contribution is -2.48. The van der Waals surface area contributed by atoms with E-state index < -0.39 is 0 Å². The van der Waals surface area contributed by atoms with Crippen LogP contribution in [0.15, 0.2) is 36.1 Å². The van der Waals surface area contributed by atoms with Crippen molar-refractivity contribution in [2.45, 2.75) is 25.5 Å². The highest BCUT2D eigenvalue weighted by Gasteiger charge is 2.25. The molecule has 1 saturated heterocycles. The van der Waals surface area contributed by atoms with E-state index in [0.717, 1.165) is 24.3 Å². The summed E-state index contributed by atoms with van der Waals surface area (Å²) in [6.07, 6.45) is 4.96. The summed E-state index contributed by atoms with van der Waals surface area (Å²) in [4.78, 5) is 23.1. The minimum absolute atomic E-state index is 0.0175. The summed E-state index contributed by atoms with van der Waals surface area (Å²) in [5, 5.41) is 4.96. The van der Waals surface area contributed by atoms with Crippen LogP contribution in [0.25, 0.3) is 0 Å². The minimum atomic E-state index is -0.0376. The Morgan fingerprint density at radius 3 is 3.23 bits per heavy atom. The quantitative estimate of drug-likeness (QED) is 0.939. The molecule has 2 aromatic heterocycles. The van der Waals surface area contributed by atoms with E-state index in [-0.39, 0.29) is 12.1 Å². The summed E-state index contributed by atoms with van der Waals surface area (Å²) in [6.45, 7) is 1.92. The van der Waals surface area contributed by atoms with Crippen molar-refractivity contribution in [3.63, 3.8) is 0 Å². The van der Waals surface area contributed by atoms with Gasteiger partial charge >= 0.3 is 6.03 Å². The zero-order chi connectivity index (χ0) is 15.2. The smallest absolute Gasteiger partial charge is 0.317 e. The van der Waals surface area contributed by atoms with Crippen LogP contribution < -0.4 is 10.1 Å². The first kappa shape index (κ1) is 14.8. The Morgan fingerprint density at radius 2 is 2.45 bits per heavy atom. The van der Waals surface area contributed by atoms with Crippen LogP contribution in [0.2, 0.25) is 0 Å². The summed E-state index contributed by atoms with van der Waals surface area (Å²) in [5.74, 6) is 0.556. The predicted molar refractivity (Wildman–Crippen MR) is 83.8 cm³/mol. The molecule has 6 nitrogen and oxygen atoms in total. The van der Waals surface area contributed by atoms with Gasteiger partial charge in [-0.25, -0.2) is 14.8 Å². The van der Waals surface area contributed by atoms with E-state index in [1.165, 1.54) is 6.33 Å². The van der Waals surface area contributed by atoms with Gasteiger partial charge in [-0.15, -0.1) is 11.3 Å². The molecule has 1 fully saturated rings. The van der Waals surface area contributed by atoms with Crippen LogP contribution in [-0.4, -0.2) is 40.1 Å². The first-order chi connectivity index (χ1) is 10.8. The predicted octanol–water partition coefficient (Wildman–Crippen LogP) is 2.29. The number of urea groups is 1. The van der Waals surface area contributed by atoms with Crippen molar-refractivity contribution in [1.29, 1.82) is 0 Å². The molecule has 7 heteroatoms. The molecular formula is C15H18N4O2S. The number of hydrogen-bond acceptors (Lipinski definition) is 5. The molecule has 2 amide bonds. The SMILES string of the molecule is O=C(NCc1cccs1)N1CCC[C@@H](Oc2ccncn2)C1. The molecule has 0 bridgehead atoms. The average Bonchev–Trinajstić information content (AvgIpc) is 3.07. The number of piperidine rings is 1. The van der Waals surface area contributed by atoms with E-state index in [9.17, 15) is 4.79 Å². The lowest BCUT2D eigenvalue weighted by atomic mass is 10.1. The van der Waals surface area contributed by atoms with Gasteiger partial charge in [-0.1, -0.05) is 6.07 Å². The zero-order valence-corrected chi connectivity index (χ0v) is 13.0. The van der Waals surface area contributed by atoms with Crippen molar-refractivity contribution in [1.82, 2.24) is 20.2 Å². The highest BCUT2D eigenvalue weighted by molar-refractivity contribution is 7.09. The Kier molecular flexibility index (Phi) is 4.85. The topological polar surface area (TPSA) is 67.4 Å². The number of amides is 2. The highest BCUT2D eigenvalue weighted by Crippen LogP contribution is 2.16. The molecule has 116 valence electrons. The van der Waals surface area contributed by atoms with E-state index in [4.69, 9.17) is 4.74 Å². The fraction of sp³-hybridized carbons (Fsp3) is 0.400. The van der Waals surface area contributed by atoms with Gasteiger partial charge in [0.15, 0.2) is 0 Å². The summed E-state index contributed by atoms with van der Waals surface area (Å²) < 4.78 is 5.82. The number of aromatic nitrogens is 2. The number of ether oxygens (including phenoxy) is 1. The summed E-state index contributed by atoms with van der Waals surface area (Å²) >= 11 is 1.64. The van der Waals surface area contributed by atoms with Gasteiger partial charge in [-0.3, -0.25) is 0 Å². The Hall–Kier alpha value is -2.15. The fourth-order valence-electron chi connectivity index (χ4n) is 2.43. The molecular weight excluding hydrogens is 300 g/mol. The Labute approximate surface area is 133 Å². The number of carbonyl (C=O) groups is 1. The van der Waals surface area contributed by atoms with Gasteiger partial charge in [-0.2, -0.15) is 0 Å². The van der Waals surface area contributed by atoms with Gasteiger partial charge in [0, 0.05) is 23.7 Å². The summed E-state index contributed by atoms with van der Waals surface area (Å²) in [6, 6.07) is 5.70. The zero-order valence-electron chi connectivity index (χ0n) is 12.1. The molecule has 1 atom stereocenters. The Balaban J connectivity index is 1.50. The van der Waals surface area contributed by atoms with Crippen molar-refractivity contribution in [3.05, 3.63) is 41.0 Å². The van der Waals surface area contributed by atoms with Crippen molar-refractivity contribution in [2.75, 3.05) is 13.1 Å². The van der Waals surface area contributed by atoms with Crippen molar-refractivity contribution < 1.29 is 9.53 Å². The van der Waals surface area contributed by atoms with Crippen LogP contribution in [0.5, 0.6) is 5.88 Å². The van der Waals surface area contributed by atoms with Crippen LogP contribution in [0.4, 0.5) is 4.79 Å². The number of hydrogen-bond donors (Lipinski definition) is 1. The van der Waals surface area contributed by atoms with Crippen LogP contribution in [-0.2, 0) is 6.54 Å². The van der Waals surface area contributed by atoms with Gasteiger partial charge in [0.05, 0.1) is 13.1 Å². The van der Waals surface area contributed by atoms with Gasteiger partial charge in [0.2, 0.25) is 5.88 Å². The molecule has 0 saturated carbocycles. The van der Waals surface area contributed by atoms with E-state index in [0.29, 0.717) is 19.0 Å². The average molecular weight is 318 g/mol. The van der Waals surface area contributed by atoms with Crippen molar-refractivity contribution in [2.24, 2.45) is 0 Å². The molecule has 1 N–H and O–H groups in total. The van der Waals surface area contributed by atoms with Gasteiger partial charge in [0.25, 0.3) is 0 Å². The molecule has 1 aliphatic rings. The fourth-order valence-corrected chi connectivity index (χ4v) is 3.07. The number of thiophene rings is 1. The largest absolute Gasteiger partial charge is 0.472 e. The molecule has 3 heterocycles. The summed E-state index contributed by atoms with van der Waals surface area (Å²) in [7, 11) is 0. The lowest BCUT2D eigenvalue weighted by molar-refractivity contribution is 0.0976. The summed E-state index contributed by atoms with van der Waals surface area (Å²) in [5.41, 5.74) is 0. The molecule has 0 aromatic carbocycles. The van der Waals surface area contributed by atoms with E-state index in [1.807, 2.05) is 22.4 Å². The Morgan fingerprint density at radius 1 is 1.50 bits per heavy atom. The number of rotatable bonds is 4. The molecule has 22 heavy (non-hydrogen) atoms. The second kappa shape index (κ2) is 7.22. The molecule has 1 aliphatic heterocycles. The maximum Gasteiger partial charge on any atom is 0.317 e. The molecule has 2 aromatic rings. The third kappa shape index (κ3) is 3.94. The molecule has 0 unspecified atom stereocenters. The third-order valence-corrected chi connectivity index (χ3v) is 4.38. The maximum atomic E-state index is 12.2. The first-order valence-electron chi connectivity index (χ1n) is 7.29. The first-order valence-corrected chi connectivity index (χ1v) is 8.17. The molecule has 0 aliphatic carbocycles. The number of likely N-dealkylation sites (tertiary alicyclic amines) is 1. The molecule has 0 spiro atoms. The third-order valence-electron chi connectivity index (χ3n) is 3.50. The second-order valence-corrected chi connectivity index (χ2v) is 6.15. The molecule has 0 radical (unpaired) electrons. The number of nitrogens with zero attached hydrogens (tertiary/aromatic N) is 3. The van der Waals surface area contributed by atoms with E-state index in [2.05, 4.69) is 15.3 Å². The Bertz CT molecular complexity index is 591. The van der Waals surface area contributed by atoms with E-state index in [1.54, 1.807) is 23.6 Å².